The van der Waals surface area contributed by atoms with E-state index in [1.165, 1.54) is 4.68 Å². The Bertz CT molecular complexity index is 1160. The number of piperazine rings is 1. The molecule has 2 aliphatic rings. The Balaban J connectivity index is 1.20. The van der Waals surface area contributed by atoms with Gasteiger partial charge in [-0.15, -0.1) is 0 Å². The fraction of sp³-hybridized carbons (Fsp3) is 0.385. The molecule has 1 amide bonds. The Hall–Kier alpha value is -3.68. The van der Waals surface area contributed by atoms with Gasteiger partial charge >= 0.3 is 0 Å². The second-order valence-electron chi connectivity index (χ2n) is 8.98. The summed E-state index contributed by atoms with van der Waals surface area (Å²) in [5.41, 5.74) is 1.71. The van der Waals surface area contributed by atoms with Crippen LogP contribution in [0.5, 0.6) is 0 Å². The van der Waals surface area contributed by atoms with Gasteiger partial charge in [-0.1, -0.05) is 36.4 Å². The second-order valence-corrected chi connectivity index (χ2v) is 8.98. The summed E-state index contributed by atoms with van der Waals surface area (Å²) < 4.78 is 1.48. The van der Waals surface area contributed by atoms with Crippen LogP contribution in [0.2, 0.25) is 0 Å². The molecule has 8 heteroatoms. The van der Waals surface area contributed by atoms with E-state index < -0.39 is 0 Å². The van der Waals surface area contributed by atoms with E-state index in [-0.39, 0.29) is 17.4 Å². The minimum absolute atomic E-state index is 0.0538. The Kier molecular flexibility index (Phi) is 6.56. The Morgan fingerprint density at radius 1 is 0.941 bits per heavy atom. The number of amides is 1. The van der Waals surface area contributed by atoms with Crippen LogP contribution in [-0.4, -0.2) is 64.8 Å². The predicted molar refractivity (Wildman–Crippen MR) is 132 cm³/mol. The molecule has 0 N–H and O–H groups in total. The summed E-state index contributed by atoms with van der Waals surface area (Å²) in [4.78, 5) is 36.7. The lowest BCUT2D eigenvalue weighted by Crippen LogP contribution is -2.52. The molecule has 3 aromatic rings. The van der Waals surface area contributed by atoms with Crippen LogP contribution in [0.25, 0.3) is 0 Å². The van der Waals surface area contributed by atoms with Crippen molar-refractivity contribution < 1.29 is 4.79 Å². The van der Waals surface area contributed by atoms with Crippen LogP contribution in [0.15, 0.2) is 71.8 Å². The highest BCUT2D eigenvalue weighted by Crippen LogP contribution is 2.24. The number of nitrogens with zero attached hydrogens (tertiary/aromatic N) is 6. The van der Waals surface area contributed by atoms with Crippen LogP contribution in [0.4, 0.5) is 11.5 Å². The molecule has 0 bridgehead atoms. The van der Waals surface area contributed by atoms with Crippen molar-refractivity contribution in [1.29, 1.82) is 0 Å². The molecule has 0 spiro atoms. The van der Waals surface area contributed by atoms with Crippen molar-refractivity contribution in [3.05, 3.63) is 82.9 Å². The zero-order chi connectivity index (χ0) is 23.3. The van der Waals surface area contributed by atoms with Crippen molar-refractivity contribution in [3.8, 4) is 0 Å². The molecule has 176 valence electrons. The zero-order valence-electron chi connectivity index (χ0n) is 19.3. The number of pyridine rings is 1. The maximum absolute atomic E-state index is 13.3. The summed E-state index contributed by atoms with van der Waals surface area (Å²) in [6, 6.07) is 17.4. The van der Waals surface area contributed by atoms with Gasteiger partial charge in [0.15, 0.2) is 0 Å². The molecule has 1 aromatic carbocycles. The van der Waals surface area contributed by atoms with Gasteiger partial charge in [0, 0.05) is 51.5 Å². The maximum atomic E-state index is 13.3. The van der Waals surface area contributed by atoms with Crippen LogP contribution in [0.3, 0.4) is 0 Å². The monoisotopic (exact) mass is 458 g/mol. The van der Waals surface area contributed by atoms with E-state index >= 15 is 0 Å². The number of rotatable bonds is 5. The van der Waals surface area contributed by atoms with Crippen molar-refractivity contribution in [2.24, 2.45) is 5.92 Å². The molecular formula is C26H30N6O2. The molecule has 5 rings (SSSR count). The van der Waals surface area contributed by atoms with Crippen LogP contribution >= 0.6 is 0 Å². The van der Waals surface area contributed by atoms with E-state index in [0.29, 0.717) is 26.2 Å². The van der Waals surface area contributed by atoms with Crippen molar-refractivity contribution in [2.75, 3.05) is 49.1 Å². The SMILES string of the molecule is O=C([C@H]1CCCN(c2cnn(Cc3ccccc3)c(=O)c2)C1)N1CCN(c2ccccn2)CC1. The average molecular weight is 459 g/mol. The second kappa shape index (κ2) is 10.1. The van der Waals surface area contributed by atoms with Gasteiger partial charge in [-0.05, 0) is 30.5 Å². The minimum Gasteiger partial charge on any atom is -0.369 e. The highest BCUT2D eigenvalue weighted by molar-refractivity contribution is 5.80. The third-order valence-electron chi connectivity index (χ3n) is 6.73. The standard InChI is InChI=1S/C26H30N6O2/c33-25-17-23(18-28-32(25)19-21-7-2-1-3-8-21)31-12-6-9-22(20-31)26(34)30-15-13-29(14-16-30)24-10-4-5-11-27-24/h1-5,7-8,10-11,17-18,22H,6,9,12-16,19-20H2/t22-/m0/s1. The first-order chi connectivity index (χ1) is 16.7. The number of carbonyl (C=O) groups is 1. The third-order valence-corrected chi connectivity index (χ3v) is 6.73. The number of carbonyl (C=O) groups excluding carboxylic acids is 1. The van der Waals surface area contributed by atoms with Gasteiger partial charge < -0.3 is 14.7 Å². The van der Waals surface area contributed by atoms with Gasteiger partial charge in [0.2, 0.25) is 5.91 Å². The summed E-state index contributed by atoms with van der Waals surface area (Å²) in [6.07, 6.45) is 5.37. The lowest BCUT2D eigenvalue weighted by Gasteiger charge is -2.39. The molecule has 2 aromatic heterocycles. The summed E-state index contributed by atoms with van der Waals surface area (Å²) in [6.45, 7) is 4.92. The van der Waals surface area contributed by atoms with Crippen molar-refractivity contribution >= 4 is 17.4 Å². The summed E-state index contributed by atoms with van der Waals surface area (Å²) in [7, 11) is 0. The Morgan fingerprint density at radius 2 is 1.74 bits per heavy atom. The molecule has 2 saturated heterocycles. The number of aromatic nitrogens is 3. The van der Waals surface area contributed by atoms with Gasteiger partial charge in [-0.25, -0.2) is 9.67 Å². The molecule has 4 heterocycles. The van der Waals surface area contributed by atoms with Crippen molar-refractivity contribution in [2.45, 2.75) is 19.4 Å². The van der Waals surface area contributed by atoms with Gasteiger partial charge in [-0.2, -0.15) is 5.10 Å². The summed E-state index contributed by atoms with van der Waals surface area (Å²) in [5, 5.41) is 4.40. The van der Waals surface area contributed by atoms with E-state index in [0.717, 1.165) is 49.5 Å². The van der Waals surface area contributed by atoms with Crippen molar-refractivity contribution in [1.82, 2.24) is 19.7 Å². The van der Waals surface area contributed by atoms with Crippen LogP contribution in [-0.2, 0) is 11.3 Å². The molecule has 8 nitrogen and oxygen atoms in total. The average Bonchev–Trinajstić information content (AvgIpc) is 2.91. The predicted octanol–water partition coefficient (Wildman–Crippen LogP) is 2.25. The molecule has 1 atom stereocenters. The molecule has 0 saturated carbocycles. The first-order valence-corrected chi connectivity index (χ1v) is 12.0. The molecule has 0 radical (unpaired) electrons. The lowest BCUT2D eigenvalue weighted by atomic mass is 9.96. The molecule has 34 heavy (non-hydrogen) atoms. The number of benzene rings is 1. The first-order valence-electron chi connectivity index (χ1n) is 12.0. The number of anilines is 2. The number of piperidine rings is 1. The van der Waals surface area contributed by atoms with E-state index in [1.54, 1.807) is 18.5 Å². The number of hydrogen-bond donors (Lipinski definition) is 0. The van der Waals surface area contributed by atoms with Crippen molar-refractivity contribution in [3.63, 3.8) is 0 Å². The topological polar surface area (TPSA) is 74.6 Å². The Morgan fingerprint density at radius 3 is 2.47 bits per heavy atom. The van der Waals surface area contributed by atoms with Crippen LogP contribution in [0, 0.1) is 5.92 Å². The normalized spacial score (nSPS) is 18.7. The van der Waals surface area contributed by atoms with Gasteiger partial charge in [-0.3, -0.25) is 9.59 Å². The van der Waals surface area contributed by atoms with E-state index in [1.807, 2.05) is 53.4 Å². The minimum atomic E-state index is -0.125. The Labute approximate surface area is 199 Å². The number of hydrogen-bond acceptors (Lipinski definition) is 6. The highest BCUT2D eigenvalue weighted by Gasteiger charge is 2.31. The van der Waals surface area contributed by atoms with E-state index in [2.05, 4.69) is 19.9 Å². The first kappa shape index (κ1) is 22.1. The fourth-order valence-electron chi connectivity index (χ4n) is 4.84. The zero-order valence-corrected chi connectivity index (χ0v) is 19.3. The van der Waals surface area contributed by atoms with Gasteiger partial charge in [0.1, 0.15) is 5.82 Å². The fourth-order valence-corrected chi connectivity index (χ4v) is 4.84. The maximum Gasteiger partial charge on any atom is 0.269 e. The van der Waals surface area contributed by atoms with Gasteiger partial charge in [0.25, 0.3) is 5.56 Å². The van der Waals surface area contributed by atoms with Gasteiger partial charge in [0.05, 0.1) is 24.3 Å². The molecular weight excluding hydrogens is 428 g/mol. The molecule has 2 fully saturated rings. The summed E-state index contributed by atoms with van der Waals surface area (Å²) >= 11 is 0. The van der Waals surface area contributed by atoms with Crippen LogP contribution in [0.1, 0.15) is 18.4 Å². The highest BCUT2D eigenvalue weighted by atomic mass is 16.2. The third kappa shape index (κ3) is 4.95. The van der Waals surface area contributed by atoms with Crippen LogP contribution < -0.4 is 15.4 Å². The quantitative estimate of drug-likeness (QED) is 0.584. The summed E-state index contributed by atoms with van der Waals surface area (Å²) in [5.74, 6) is 1.13. The lowest BCUT2D eigenvalue weighted by molar-refractivity contribution is -0.136. The molecule has 0 aliphatic carbocycles. The van der Waals surface area contributed by atoms with E-state index in [4.69, 9.17) is 0 Å². The smallest absolute Gasteiger partial charge is 0.269 e. The van der Waals surface area contributed by atoms with E-state index in [9.17, 15) is 9.59 Å². The molecule has 2 aliphatic heterocycles. The largest absolute Gasteiger partial charge is 0.369 e. The molecule has 0 unspecified atom stereocenters.